The van der Waals surface area contributed by atoms with Crippen molar-refractivity contribution in [3.05, 3.63) is 17.5 Å². The summed E-state index contributed by atoms with van der Waals surface area (Å²) in [6.45, 7) is 1.36. The van der Waals surface area contributed by atoms with Crippen LogP contribution >= 0.6 is 11.3 Å². The number of hydrogen-bond acceptors (Lipinski definition) is 7. The fourth-order valence-electron chi connectivity index (χ4n) is 3.21. The molecule has 2 fully saturated rings. The molecule has 10 heteroatoms. The van der Waals surface area contributed by atoms with E-state index in [1.54, 1.807) is 17.5 Å². The third kappa shape index (κ3) is 5.28. The number of amides is 1. The smallest absolute Gasteiger partial charge is 0.309 e. The molecule has 0 saturated carbocycles. The van der Waals surface area contributed by atoms with Crippen LogP contribution in [0.2, 0.25) is 0 Å². The minimum atomic E-state index is -3.49. The molecule has 0 radical (unpaired) electrons. The predicted molar refractivity (Wildman–Crippen MR) is 98.7 cm³/mol. The van der Waals surface area contributed by atoms with Gasteiger partial charge in [0.2, 0.25) is 0 Å². The fourth-order valence-corrected chi connectivity index (χ4v) is 5.82. The van der Waals surface area contributed by atoms with Crippen LogP contribution in [0.5, 0.6) is 0 Å². The highest BCUT2D eigenvalue weighted by atomic mass is 32.2. The van der Waals surface area contributed by atoms with Crippen molar-refractivity contribution < 1.29 is 27.5 Å². The number of carbonyl (C=O) groups excluding carboxylic acids is 2. The van der Waals surface area contributed by atoms with Gasteiger partial charge in [-0.25, -0.2) is 8.42 Å². The Hall–Kier alpha value is -1.49. The summed E-state index contributed by atoms with van der Waals surface area (Å²) in [5.41, 5.74) is 0. The Balaban J connectivity index is 1.38. The second-order valence-corrected chi connectivity index (χ2v) is 9.77. The van der Waals surface area contributed by atoms with E-state index in [2.05, 4.69) is 5.32 Å². The summed E-state index contributed by atoms with van der Waals surface area (Å²) >= 11 is 1.18. The number of carbonyl (C=O) groups is 2. The first-order valence-electron chi connectivity index (χ1n) is 9.05. The number of rotatable bonds is 7. The molecule has 0 bridgehead atoms. The molecule has 0 aromatic carbocycles. The van der Waals surface area contributed by atoms with Crippen molar-refractivity contribution in [2.75, 3.05) is 32.8 Å². The van der Waals surface area contributed by atoms with E-state index in [0.717, 1.165) is 19.4 Å². The zero-order chi connectivity index (χ0) is 19.3. The van der Waals surface area contributed by atoms with Crippen LogP contribution in [0.4, 0.5) is 0 Å². The third-order valence-electron chi connectivity index (χ3n) is 4.77. The Kier molecular flexibility index (Phi) is 6.85. The lowest BCUT2D eigenvalue weighted by Gasteiger charge is -2.29. The lowest BCUT2D eigenvalue weighted by atomic mass is 9.98. The molecule has 1 N–H and O–H groups in total. The van der Waals surface area contributed by atoms with Crippen LogP contribution in [-0.2, 0) is 29.1 Å². The van der Waals surface area contributed by atoms with Crippen LogP contribution in [0.25, 0.3) is 0 Å². The Morgan fingerprint density at radius 1 is 1.30 bits per heavy atom. The van der Waals surface area contributed by atoms with E-state index in [4.69, 9.17) is 9.47 Å². The van der Waals surface area contributed by atoms with Gasteiger partial charge in [-0.05, 0) is 37.1 Å². The Labute approximate surface area is 162 Å². The number of piperidine rings is 1. The molecule has 3 rings (SSSR count). The predicted octanol–water partition coefficient (Wildman–Crippen LogP) is 0.987. The number of hydrogen-bond donors (Lipinski definition) is 1. The first kappa shape index (κ1) is 20.2. The van der Waals surface area contributed by atoms with E-state index in [1.807, 2.05) is 0 Å². The maximum Gasteiger partial charge on any atom is 0.309 e. The highest BCUT2D eigenvalue weighted by Crippen LogP contribution is 2.26. The van der Waals surface area contributed by atoms with Crippen LogP contribution < -0.4 is 5.32 Å². The zero-order valence-electron chi connectivity index (χ0n) is 15.0. The van der Waals surface area contributed by atoms with Crippen LogP contribution in [0.3, 0.4) is 0 Å². The monoisotopic (exact) mass is 416 g/mol. The summed E-state index contributed by atoms with van der Waals surface area (Å²) in [5.74, 6) is -1.18. The van der Waals surface area contributed by atoms with Crippen molar-refractivity contribution in [3.8, 4) is 0 Å². The van der Waals surface area contributed by atoms with Gasteiger partial charge < -0.3 is 14.8 Å². The summed E-state index contributed by atoms with van der Waals surface area (Å²) in [6.07, 6.45) is 2.74. The number of ether oxygens (including phenoxy) is 2. The van der Waals surface area contributed by atoms with Gasteiger partial charge in [0.15, 0.2) is 6.61 Å². The standard InChI is InChI=1S/C17H24N2O6S2/c20-15(18-11-14-3-1-9-24-14)12-25-17(21)13-5-7-19(8-6-13)27(22,23)16-4-2-10-26-16/h2,4,10,13-14H,1,3,5-9,11-12H2,(H,18,20). The minimum Gasteiger partial charge on any atom is -0.455 e. The fraction of sp³-hybridized carbons (Fsp3) is 0.647. The molecule has 0 aliphatic carbocycles. The molecule has 1 amide bonds. The van der Waals surface area contributed by atoms with Crippen LogP contribution in [-0.4, -0.2) is 63.6 Å². The van der Waals surface area contributed by atoms with Crippen molar-refractivity contribution >= 4 is 33.2 Å². The minimum absolute atomic E-state index is 0.0410. The molecule has 0 spiro atoms. The van der Waals surface area contributed by atoms with Crippen molar-refractivity contribution in [1.29, 1.82) is 0 Å². The first-order valence-corrected chi connectivity index (χ1v) is 11.4. The number of nitrogens with zero attached hydrogens (tertiary/aromatic N) is 1. The Bertz CT molecular complexity index is 735. The summed E-state index contributed by atoms with van der Waals surface area (Å²) in [4.78, 5) is 23.9. The molecule has 2 aliphatic rings. The normalized spacial score (nSPS) is 21.9. The van der Waals surface area contributed by atoms with Gasteiger partial charge in [-0.1, -0.05) is 6.07 Å². The van der Waals surface area contributed by atoms with Crippen LogP contribution in [0.15, 0.2) is 21.7 Å². The molecular weight excluding hydrogens is 392 g/mol. The summed E-state index contributed by atoms with van der Waals surface area (Å²) in [5, 5.41) is 4.42. The third-order valence-corrected chi connectivity index (χ3v) is 8.04. The quantitative estimate of drug-likeness (QED) is 0.665. The van der Waals surface area contributed by atoms with E-state index < -0.39 is 16.0 Å². The molecule has 3 heterocycles. The van der Waals surface area contributed by atoms with Crippen LogP contribution in [0, 0.1) is 5.92 Å². The zero-order valence-corrected chi connectivity index (χ0v) is 16.6. The first-order chi connectivity index (χ1) is 13.0. The molecule has 2 aliphatic heterocycles. The maximum absolute atomic E-state index is 12.5. The molecule has 150 valence electrons. The van der Waals surface area contributed by atoms with Crippen LogP contribution in [0.1, 0.15) is 25.7 Å². The largest absolute Gasteiger partial charge is 0.455 e. The Morgan fingerprint density at radius 2 is 2.07 bits per heavy atom. The van der Waals surface area contributed by atoms with Gasteiger partial charge in [0, 0.05) is 26.2 Å². The van der Waals surface area contributed by atoms with E-state index in [0.29, 0.717) is 23.6 Å². The molecule has 2 saturated heterocycles. The SMILES string of the molecule is O=C(COC(=O)C1CCN(S(=O)(=O)c2cccs2)CC1)NCC1CCCO1. The number of thiophene rings is 1. The number of esters is 1. The highest BCUT2D eigenvalue weighted by Gasteiger charge is 2.33. The van der Waals surface area contributed by atoms with Gasteiger partial charge in [-0.3, -0.25) is 9.59 Å². The van der Waals surface area contributed by atoms with Gasteiger partial charge in [-0.15, -0.1) is 11.3 Å². The maximum atomic E-state index is 12.5. The summed E-state index contributed by atoms with van der Waals surface area (Å²) in [6, 6.07) is 3.28. The topological polar surface area (TPSA) is 102 Å². The molecule has 1 unspecified atom stereocenters. The lowest BCUT2D eigenvalue weighted by Crippen LogP contribution is -2.41. The Morgan fingerprint density at radius 3 is 2.70 bits per heavy atom. The lowest BCUT2D eigenvalue weighted by molar-refractivity contribution is -0.153. The molecule has 27 heavy (non-hydrogen) atoms. The van der Waals surface area contributed by atoms with E-state index in [1.165, 1.54) is 15.6 Å². The van der Waals surface area contributed by atoms with Crippen molar-refractivity contribution in [2.24, 2.45) is 5.92 Å². The number of sulfonamides is 1. The van der Waals surface area contributed by atoms with Crippen molar-refractivity contribution in [3.63, 3.8) is 0 Å². The highest BCUT2D eigenvalue weighted by molar-refractivity contribution is 7.91. The molecule has 1 aromatic heterocycles. The van der Waals surface area contributed by atoms with E-state index >= 15 is 0 Å². The summed E-state index contributed by atoms with van der Waals surface area (Å²) in [7, 11) is -3.49. The van der Waals surface area contributed by atoms with Crippen molar-refractivity contribution in [1.82, 2.24) is 9.62 Å². The van der Waals surface area contributed by atoms with E-state index in [9.17, 15) is 18.0 Å². The van der Waals surface area contributed by atoms with Gasteiger partial charge in [0.25, 0.3) is 15.9 Å². The second-order valence-electron chi connectivity index (χ2n) is 6.66. The molecule has 1 aromatic rings. The molecule has 1 atom stereocenters. The van der Waals surface area contributed by atoms with E-state index in [-0.39, 0.29) is 37.6 Å². The van der Waals surface area contributed by atoms with Gasteiger partial charge in [-0.2, -0.15) is 4.31 Å². The van der Waals surface area contributed by atoms with Gasteiger partial charge in [0.1, 0.15) is 4.21 Å². The molecule has 8 nitrogen and oxygen atoms in total. The summed E-state index contributed by atoms with van der Waals surface area (Å²) < 4.78 is 37.2. The average Bonchev–Trinajstić information content (AvgIpc) is 3.38. The number of nitrogens with one attached hydrogen (secondary N) is 1. The van der Waals surface area contributed by atoms with Gasteiger partial charge in [0.05, 0.1) is 12.0 Å². The molecular formula is C17H24N2O6S2. The van der Waals surface area contributed by atoms with Gasteiger partial charge >= 0.3 is 5.97 Å². The van der Waals surface area contributed by atoms with Crippen molar-refractivity contribution in [2.45, 2.75) is 36.0 Å². The average molecular weight is 417 g/mol. The second kappa shape index (κ2) is 9.13.